The number of hydrogen-bond acceptors (Lipinski definition) is 4. The molecule has 1 aromatic carbocycles. The lowest BCUT2D eigenvalue weighted by Crippen LogP contribution is -2.45. The van der Waals surface area contributed by atoms with Crippen molar-refractivity contribution in [2.24, 2.45) is 0 Å². The monoisotopic (exact) mass is 267 g/mol. The molecule has 1 fully saturated rings. The maximum absolute atomic E-state index is 5.41. The fourth-order valence-corrected chi connectivity index (χ4v) is 2.30. The number of ether oxygens (including phenoxy) is 2. The van der Waals surface area contributed by atoms with Crippen LogP contribution in [0.2, 0.25) is 0 Å². The first-order chi connectivity index (χ1) is 8.50. The third kappa shape index (κ3) is 2.09. The van der Waals surface area contributed by atoms with Crippen LogP contribution >= 0.6 is 12.2 Å². The smallest absolute Gasteiger partial charge is 0.185 e. The predicted molar refractivity (Wildman–Crippen MR) is 73.5 cm³/mol. The average molecular weight is 267 g/mol. The molecule has 0 spiro atoms. The molecule has 1 unspecified atom stereocenters. The lowest BCUT2D eigenvalue weighted by molar-refractivity contribution is 0.257. The summed E-state index contributed by atoms with van der Waals surface area (Å²) in [4.78, 5) is 0. The molecule has 0 aliphatic carbocycles. The van der Waals surface area contributed by atoms with Crippen molar-refractivity contribution in [2.75, 3.05) is 21.3 Å². The van der Waals surface area contributed by atoms with E-state index in [-0.39, 0.29) is 0 Å². The molecule has 0 radical (unpaired) electrons. The van der Waals surface area contributed by atoms with E-state index >= 15 is 0 Å². The lowest BCUT2D eigenvalue weighted by Gasteiger charge is -2.27. The molecule has 98 valence electrons. The summed E-state index contributed by atoms with van der Waals surface area (Å²) >= 11 is 5.21. The number of hydrogen-bond donors (Lipinski definition) is 2. The molecule has 1 aliphatic rings. The van der Waals surface area contributed by atoms with Gasteiger partial charge in [-0.25, -0.2) is 5.43 Å². The zero-order valence-corrected chi connectivity index (χ0v) is 11.7. The zero-order valence-electron chi connectivity index (χ0n) is 10.9. The van der Waals surface area contributed by atoms with Crippen molar-refractivity contribution in [3.63, 3.8) is 0 Å². The second-order valence-corrected chi connectivity index (χ2v) is 4.68. The van der Waals surface area contributed by atoms with E-state index in [0.717, 1.165) is 17.1 Å². The number of thiocarbonyl (C=S) groups is 1. The summed E-state index contributed by atoms with van der Waals surface area (Å²) in [6.45, 7) is 2.01. The van der Waals surface area contributed by atoms with Crippen LogP contribution in [0.25, 0.3) is 0 Å². The van der Waals surface area contributed by atoms with E-state index in [1.807, 2.05) is 32.2 Å². The van der Waals surface area contributed by atoms with Crippen molar-refractivity contribution in [3.8, 4) is 11.5 Å². The number of rotatable bonds is 3. The Hall–Kier alpha value is -1.53. The summed E-state index contributed by atoms with van der Waals surface area (Å²) in [7, 11) is 5.14. The number of nitrogens with zero attached hydrogens (tertiary/aromatic N) is 1. The number of methoxy groups -OCH3 is 2. The van der Waals surface area contributed by atoms with E-state index in [2.05, 4.69) is 10.7 Å². The van der Waals surface area contributed by atoms with Crippen molar-refractivity contribution in [1.29, 1.82) is 0 Å². The molecular formula is C12H17N3O2S. The van der Waals surface area contributed by atoms with Crippen LogP contribution in [0, 0.1) is 0 Å². The van der Waals surface area contributed by atoms with Gasteiger partial charge < -0.3 is 14.8 Å². The Balaban J connectivity index is 2.42. The lowest BCUT2D eigenvalue weighted by atomic mass is 10.0. The first kappa shape index (κ1) is 12.9. The van der Waals surface area contributed by atoms with Gasteiger partial charge in [-0.3, -0.25) is 5.01 Å². The molecule has 2 N–H and O–H groups in total. The molecule has 18 heavy (non-hydrogen) atoms. The maximum Gasteiger partial charge on any atom is 0.185 e. The summed E-state index contributed by atoms with van der Waals surface area (Å²) in [5, 5.41) is 5.66. The minimum Gasteiger partial charge on any atom is -0.497 e. The van der Waals surface area contributed by atoms with Crippen LogP contribution in [0.5, 0.6) is 11.5 Å². The van der Waals surface area contributed by atoms with Gasteiger partial charge in [-0.05, 0) is 31.3 Å². The number of hydrazine groups is 1. The van der Waals surface area contributed by atoms with Crippen LogP contribution in [0.3, 0.4) is 0 Å². The van der Waals surface area contributed by atoms with Gasteiger partial charge >= 0.3 is 0 Å². The average Bonchev–Trinajstić information content (AvgIpc) is 2.63. The van der Waals surface area contributed by atoms with Gasteiger partial charge in [0.2, 0.25) is 0 Å². The Labute approximate surface area is 112 Å². The third-order valence-corrected chi connectivity index (χ3v) is 3.38. The van der Waals surface area contributed by atoms with Gasteiger partial charge in [0.15, 0.2) is 5.11 Å². The molecule has 6 heteroatoms. The van der Waals surface area contributed by atoms with Crippen LogP contribution < -0.4 is 20.2 Å². The molecule has 0 aromatic heterocycles. The predicted octanol–water partition coefficient (Wildman–Crippen LogP) is 1.20. The van der Waals surface area contributed by atoms with E-state index < -0.39 is 5.66 Å². The molecule has 1 aromatic rings. The van der Waals surface area contributed by atoms with Crippen LogP contribution in [-0.2, 0) is 5.66 Å². The van der Waals surface area contributed by atoms with Crippen LogP contribution in [0.15, 0.2) is 18.2 Å². The van der Waals surface area contributed by atoms with E-state index in [1.54, 1.807) is 19.2 Å². The molecule has 1 saturated heterocycles. The van der Waals surface area contributed by atoms with E-state index in [0.29, 0.717) is 5.11 Å². The second-order valence-electron chi connectivity index (χ2n) is 4.29. The highest BCUT2D eigenvalue weighted by Crippen LogP contribution is 2.33. The largest absolute Gasteiger partial charge is 0.497 e. The molecule has 0 amide bonds. The molecule has 1 atom stereocenters. The van der Waals surface area contributed by atoms with Gasteiger partial charge in [-0.1, -0.05) is 0 Å². The first-order valence-electron chi connectivity index (χ1n) is 5.56. The summed E-state index contributed by atoms with van der Waals surface area (Å²) in [6.07, 6.45) is 0. The van der Waals surface area contributed by atoms with Gasteiger partial charge in [0.25, 0.3) is 0 Å². The van der Waals surface area contributed by atoms with Gasteiger partial charge in [0, 0.05) is 18.7 Å². The second kappa shape index (κ2) is 4.62. The van der Waals surface area contributed by atoms with Crippen molar-refractivity contribution < 1.29 is 9.47 Å². The molecule has 0 saturated carbocycles. The Kier molecular flexibility index (Phi) is 3.32. The summed E-state index contributed by atoms with van der Waals surface area (Å²) < 4.78 is 10.6. The highest BCUT2D eigenvalue weighted by atomic mass is 32.1. The normalized spacial score (nSPS) is 22.9. The molecule has 2 rings (SSSR count). The molecule has 1 aliphatic heterocycles. The molecule has 5 nitrogen and oxygen atoms in total. The van der Waals surface area contributed by atoms with Crippen LogP contribution in [0.1, 0.15) is 12.5 Å². The quantitative estimate of drug-likeness (QED) is 0.803. The van der Waals surface area contributed by atoms with Gasteiger partial charge in [0.05, 0.1) is 14.2 Å². The van der Waals surface area contributed by atoms with Crippen molar-refractivity contribution in [1.82, 2.24) is 15.8 Å². The van der Waals surface area contributed by atoms with E-state index in [1.165, 1.54) is 0 Å². The Morgan fingerprint density at radius 2 is 2.00 bits per heavy atom. The number of benzene rings is 1. The van der Waals surface area contributed by atoms with Gasteiger partial charge in [-0.2, -0.15) is 0 Å². The Bertz CT molecular complexity index is 480. The zero-order chi connectivity index (χ0) is 13.3. The summed E-state index contributed by atoms with van der Waals surface area (Å²) in [5.41, 5.74) is 3.76. The maximum atomic E-state index is 5.41. The molecule has 1 heterocycles. The van der Waals surface area contributed by atoms with E-state index in [4.69, 9.17) is 21.7 Å². The van der Waals surface area contributed by atoms with Gasteiger partial charge in [-0.15, -0.1) is 0 Å². The molecule has 0 bridgehead atoms. The third-order valence-electron chi connectivity index (χ3n) is 3.00. The van der Waals surface area contributed by atoms with E-state index in [9.17, 15) is 0 Å². The van der Waals surface area contributed by atoms with Gasteiger partial charge in [0.1, 0.15) is 17.2 Å². The SMILES string of the molecule is COc1ccc(C2(C)NC(=S)N(C)N2)c(OC)c1. The molecular weight excluding hydrogens is 250 g/mol. The minimum absolute atomic E-state index is 0.483. The van der Waals surface area contributed by atoms with Crippen LogP contribution in [0.4, 0.5) is 0 Å². The standard InChI is InChI=1S/C12H17N3O2S/c1-12(13-11(18)15(2)14-12)9-6-5-8(16-3)7-10(9)17-4/h5-7,14H,1-4H3,(H,13,18). The fourth-order valence-electron chi connectivity index (χ4n) is 2.05. The van der Waals surface area contributed by atoms with Crippen molar-refractivity contribution in [2.45, 2.75) is 12.6 Å². The van der Waals surface area contributed by atoms with Crippen LogP contribution in [-0.4, -0.2) is 31.4 Å². The summed E-state index contributed by atoms with van der Waals surface area (Å²) in [5.74, 6) is 1.50. The van der Waals surface area contributed by atoms with Crippen molar-refractivity contribution >= 4 is 17.3 Å². The minimum atomic E-state index is -0.483. The summed E-state index contributed by atoms with van der Waals surface area (Å²) in [6, 6.07) is 5.71. The Morgan fingerprint density at radius 1 is 1.28 bits per heavy atom. The Morgan fingerprint density at radius 3 is 2.50 bits per heavy atom. The highest BCUT2D eigenvalue weighted by molar-refractivity contribution is 7.80. The fraction of sp³-hybridized carbons (Fsp3) is 0.417. The first-order valence-corrected chi connectivity index (χ1v) is 5.97. The highest BCUT2D eigenvalue weighted by Gasteiger charge is 2.37. The van der Waals surface area contributed by atoms with Crippen molar-refractivity contribution in [3.05, 3.63) is 23.8 Å². The topological polar surface area (TPSA) is 45.8 Å². The number of nitrogens with one attached hydrogen (secondary N) is 2.